The van der Waals surface area contributed by atoms with Crippen LogP contribution in [0.3, 0.4) is 0 Å². The van der Waals surface area contributed by atoms with E-state index < -0.39 is 97.5 Å². The van der Waals surface area contributed by atoms with Crippen LogP contribution in [-0.2, 0) is 65.4 Å². The number of ether oxygens (including phenoxy) is 4. The quantitative estimate of drug-likeness (QED) is 0.0222. The molecule has 522 valence electrons. The summed E-state index contributed by atoms with van der Waals surface area (Å²) < 4.78 is 68.2. The summed E-state index contributed by atoms with van der Waals surface area (Å²) in [5, 5.41) is 10.6. The van der Waals surface area contributed by atoms with Gasteiger partial charge in [0.2, 0.25) is 0 Å². The van der Waals surface area contributed by atoms with Gasteiger partial charge in [-0.05, 0) is 49.4 Å². The van der Waals surface area contributed by atoms with Gasteiger partial charge in [0, 0.05) is 25.7 Å². The fraction of sp³-hybridized carbons (Fsp3) is 0.942. The number of hydrogen-bond donors (Lipinski definition) is 3. The summed E-state index contributed by atoms with van der Waals surface area (Å²) in [5.74, 6) is 0.843. The normalized spacial score (nSPS) is 14.6. The third kappa shape index (κ3) is 61.6. The maximum atomic E-state index is 13.0. The number of unbranched alkanes of at least 4 members (excludes halogenated alkanes) is 31. The molecule has 3 unspecified atom stereocenters. The summed E-state index contributed by atoms with van der Waals surface area (Å²) in [5.41, 5.74) is 0. The zero-order valence-corrected chi connectivity index (χ0v) is 59.1. The maximum Gasteiger partial charge on any atom is 0.472 e. The van der Waals surface area contributed by atoms with E-state index in [0.29, 0.717) is 25.7 Å². The molecule has 0 radical (unpaired) electrons. The van der Waals surface area contributed by atoms with Crippen molar-refractivity contribution in [2.75, 3.05) is 39.6 Å². The van der Waals surface area contributed by atoms with E-state index in [1.165, 1.54) is 135 Å². The van der Waals surface area contributed by atoms with Crippen LogP contribution in [0.4, 0.5) is 0 Å². The van der Waals surface area contributed by atoms with Crippen LogP contribution in [0.2, 0.25) is 0 Å². The molecule has 0 aliphatic heterocycles. The van der Waals surface area contributed by atoms with Crippen molar-refractivity contribution in [2.45, 2.75) is 356 Å². The molecule has 6 atom stereocenters. The minimum atomic E-state index is -4.95. The predicted molar refractivity (Wildman–Crippen MR) is 354 cm³/mol. The molecule has 0 fully saturated rings. The van der Waals surface area contributed by atoms with E-state index in [4.69, 9.17) is 37.0 Å². The zero-order valence-electron chi connectivity index (χ0n) is 57.3. The Labute approximate surface area is 537 Å². The highest BCUT2D eigenvalue weighted by molar-refractivity contribution is 7.47. The van der Waals surface area contributed by atoms with Crippen LogP contribution in [0, 0.1) is 23.7 Å². The Bertz CT molecular complexity index is 1750. The molecule has 19 heteroatoms. The Morgan fingerprint density at radius 3 is 0.807 bits per heavy atom. The fourth-order valence-corrected chi connectivity index (χ4v) is 11.9. The van der Waals surface area contributed by atoms with Crippen molar-refractivity contribution in [2.24, 2.45) is 23.7 Å². The first-order valence-electron chi connectivity index (χ1n) is 35.7. The first-order chi connectivity index (χ1) is 42.1. The molecule has 0 spiro atoms. The van der Waals surface area contributed by atoms with Crippen LogP contribution in [0.1, 0.15) is 338 Å². The number of carbonyl (C=O) groups excluding carboxylic acids is 4. The average Bonchev–Trinajstić information content (AvgIpc) is 3.38. The number of hydrogen-bond acceptors (Lipinski definition) is 15. The monoisotopic (exact) mass is 1300 g/mol. The lowest BCUT2D eigenvalue weighted by molar-refractivity contribution is -0.161. The second-order valence-corrected chi connectivity index (χ2v) is 29.5. The van der Waals surface area contributed by atoms with Gasteiger partial charge in [-0.1, -0.05) is 287 Å². The van der Waals surface area contributed by atoms with Gasteiger partial charge in [0.1, 0.15) is 19.3 Å². The summed E-state index contributed by atoms with van der Waals surface area (Å²) in [6.07, 6.45) is 40.3. The highest BCUT2D eigenvalue weighted by Crippen LogP contribution is 2.45. The molecular weight excluding hydrogens is 1160 g/mol. The number of carbonyl (C=O) groups is 4. The van der Waals surface area contributed by atoms with Gasteiger partial charge in [-0.2, -0.15) is 0 Å². The first kappa shape index (κ1) is 86.1. The van der Waals surface area contributed by atoms with E-state index in [1.54, 1.807) is 0 Å². The van der Waals surface area contributed by atoms with Gasteiger partial charge in [0.25, 0.3) is 0 Å². The number of aliphatic hydroxyl groups excluding tert-OH is 1. The molecule has 88 heavy (non-hydrogen) atoms. The summed E-state index contributed by atoms with van der Waals surface area (Å²) in [4.78, 5) is 72.5. The maximum absolute atomic E-state index is 13.0. The molecule has 0 heterocycles. The molecule has 0 aliphatic rings. The van der Waals surface area contributed by atoms with Crippen molar-refractivity contribution in [1.29, 1.82) is 0 Å². The molecular formula is C69H134O17P2. The molecule has 0 aliphatic carbocycles. The molecule has 0 saturated heterocycles. The number of phosphoric acid groups is 2. The Balaban J connectivity index is 5.26. The Morgan fingerprint density at radius 1 is 0.318 bits per heavy atom. The second-order valence-electron chi connectivity index (χ2n) is 26.6. The van der Waals surface area contributed by atoms with E-state index in [-0.39, 0.29) is 25.7 Å². The average molecular weight is 1300 g/mol. The Morgan fingerprint density at radius 2 is 0.545 bits per heavy atom. The summed E-state index contributed by atoms with van der Waals surface area (Å²) in [6.45, 7) is 14.1. The SMILES string of the molecule is CCC(C)CCCCCCCCC(=O)OC[C@H](COP(=O)(O)OC[C@H](O)COP(=O)(O)OC[C@@H](COC(=O)CCCCCCCCCCC(C)C)OC(=O)CCCCCCCCCCCCC(C)C)OC(=O)CCCCCCCCCCCCCC(C)C. The number of esters is 4. The smallest absolute Gasteiger partial charge is 0.462 e. The highest BCUT2D eigenvalue weighted by atomic mass is 31.2. The molecule has 0 saturated carbocycles. The third-order valence-electron chi connectivity index (χ3n) is 16.2. The van der Waals surface area contributed by atoms with Crippen LogP contribution >= 0.6 is 15.6 Å². The van der Waals surface area contributed by atoms with Crippen molar-refractivity contribution < 1.29 is 80.2 Å². The first-order valence-corrected chi connectivity index (χ1v) is 38.7. The standard InChI is InChI=1S/C69H134O17P2/c1-9-62(8)48-40-32-27-28-34-42-50-67(72)80-56-65(86-68(73)51-43-35-25-17-12-10-11-15-21-29-37-45-59(2)3)58-84-88(77,78)82-54-63(70)53-81-87(75,76)83-57-64(55-79-66(71)49-41-33-24-20-19-23-31-39-47-61(6)7)85-69(74)52-44-36-26-18-14-13-16-22-30-38-46-60(4)5/h59-65,70H,9-58H2,1-8H3,(H,75,76)(H,77,78)/t62?,63-,64-,65-/m1/s1. The summed E-state index contributed by atoms with van der Waals surface area (Å²) in [7, 11) is -9.90. The van der Waals surface area contributed by atoms with Gasteiger partial charge in [-0.25, -0.2) is 9.13 Å². The van der Waals surface area contributed by atoms with Gasteiger partial charge in [-0.15, -0.1) is 0 Å². The van der Waals surface area contributed by atoms with Crippen molar-refractivity contribution in [1.82, 2.24) is 0 Å². The van der Waals surface area contributed by atoms with Crippen molar-refractivity contribution >= 4 is 39.5 Å². The number of rotatable bonds is 66. The van der Waals surface area contributed by atoms with E-state index in [1.807, 2.05) is 0 Å². The second kappa shape index (κ2) is 58.8. The number of phosphoric ester groups is 2. The lowest BCUT2D eigenvalue weighted by Crippen LogP contribution is -2.30. The molecule has 17 nitrogen and oxygen atoms in total. The highest BCUT2D eigenvalue weighted by Gasteiger charge is 2.30. The van der Waals surface area contributed by atoms with Gasteiger partial charge >= 0.3 is 39.5 Å². The van der Waals surface area contributed by atoms with Crippen LogP contribution < -0.4 is 0 Å². The fourth-order valence-electron chi connectivity index (χ4n) is 10.3. The lowest BCUT2D eigenvalue weighted by Gasteiger charge is -2.21. The minimum absolute atomic E-state index is 0.105. The largest absolute Gasteiger partial charge is 0.472 e. The zero-order chi connectivity index (χ0) is 65.4. The molecule has 0 aromatic rings. The molecule has 0 aromatic heterocycles. The van der Waals surface area contributed by atoms with E-state index >= 15 is 0 Å². The molecule has 3 N–H and O–H groups in total. The number of aliphatic hydroxyl groups is 1. The van der Waals surface area contributed by atoms with E-state index in [2.05, 4.69) is 55.4 Å². The summed E-state index contributed by atoms with van der Waals surface area (Å²) in [6, 6.07) is 0. The van der Waals surface area contributed by atoms with Crippen molar-refractivity contribution in [3.05, 3.63) is 0 Å². The Hall–Kier alpha value is -1.94. The molecule has 0 amide bonds. The minimum Gasteiger partial charge on any atom is -0.462 e. The summed E-state index contributed by atoms with van der Waals surface area (Å²) >= 11 is 0. The van der Waals surface area contributed by atoms with Crippen molar-refractivity contribution in [3.63, 3.8) is 0 Å². The van der Waals surface area contributed by atoms with Gasteiger partial charge in [-0.3, -0.25) is 37.3 Å². The van der Waals surface area contributed by atoms with Crippen LogP contribution in [-0.4, -0.2) is 96.7 Å². The lowest BCUT2D eigenvalue weighted by atomic mass is 10.00. The van der Waals surface area contributed by atoms with E-state index in [0.717, 1.165) is 120 Å². The third-order valence-corrected chi connectivity index (χ3v) is 18.1. The topological polar surface area (TPSA) is 237 Å². The van der Waals surface area contributed by atoms with Gasteiger partial charge < -0.3 is 33.8 Å². The van der Waals surface area contributed by atoms with Crippen LogP contribution in [0.25, 0.3) is 0 Å². The van der Waals surface area contributed by atoms with E-state index in [9.17, 15) is 43.2 Å². The van der Waals surface area contributed by atoms with Crippen LogP contribution in [0.15, 0.2) is 0 Å². The molecule has 0 rings (SSSR count). The van der Waals surface area contributed by atoms with Crippen LogP contribution in [0.5, 0.6) is 0 Å². The molecule has 0 bridgehead atoms. The predicted octanol–water partition coefficient (Wildman–Crippen LogP) is 19.3. The van der Waals surface area contributed by atoms with Crippen molar-refractivity contribution in [3.8, 4) is 0 Å². The van der Waals surface area contributed by atoms with Gasteiger partial charge in [0.05, 0.1) is 26.4 Å². The Kier molecular flexibility index (Phi) is 57.6. The van der Waals surface area contributed by atoms with Gasteiger partial charge in [0.15, 0.2) is 12.2 Å². The molecule has 0 aromatic carbocycles.